The molecule has 1 aromatic rings. The summed E-state index contributed by atoms with van der Waals surface area (Å²) in [4.78, 5) is 9.51. The van der Waals surface area contributed by atoms with Crippen LogP contribution in [0.25, 0.3) is 0 Å². The Morgan fingerprint density at radius 3 is 2.68 bits per heavy atom. The molecule has 2 unspecified atom stereocenters. The summed E-state index contributed by atoms with van der Waals surface area (Å²) in [6.07, 6.45) is 2.16. The molecule has 3 nitrogen and oxygen atoms in total. The number of nitrogens with one attached hydrogen (secondary N) is 1. The zero-order chi connectivity index (χ0) is 13.7. The van der Waals surface area contributed by atoms with Crippen molar-refractivity contribution in [3.63, 3.8) is 0 Å². The molecule has 0 aliphatic carbocycles. The fourth-order valence-electron chi connectivity index (χ4n) is 2.24. The van der Waals surface area contributed by atoms with Gasteiger partial charge < -0.3 is 5.32 Å². The lowest BCUT2D eigenvalue weighted by Gasteiger charge is -2.29. The molecule has 2 atom stereocenters. The van der Waals surface area contributed by atoms with Crippen LogP contribution in [0.3, 0.4) is 0 Å². The van der Waals surface area contributed by atoms with Gasteiger partial charge in [-0.1, -0.05) is 13.8 Å². The lowest BCUT2D eigenvalue weighted by molar-refractivity contribution is 0.741. The van der Waals surface area contributed by atoms with E-state index in [0.29, 0.717) is 10.5 Å². The molecule has 0 aromatic carbocycles. The normalized spacial score (nSPS) is 23.3. The predicted molar refractivity (Wildman–Crippen MR) is 87.3 cm³/mol. The summed E-state index contributed by atoms with van der Waals surface area (Å²) >= 11 is 4.10. The van der Waals surface area contributed by atoms with Gasteiger partial charge in [-0.3, -0.25) is 0 Å². The van der Waals surface area contributed by atoms with Crippen molar-refractivity contribution in [3.8, 4) is 0 Å². The average molecular weight is 297 g/mol. The van der Waals surface area contributed by atoms with Crippen LogP contribution in [0.1, 0.15) is 44.0 Å². The van der Waals surface area contributed by atoms with Crippen LogP contribution in [-0.2, 0) is 6.42 Å². The summed E-state index contributed by atoms with van der Waals surface area (Å²) in [5.41, 5.74) is 1.15. The van der Waals surface area contributed by atoms with E-state index in [1.54, 1.807) is 0 Å². The Balaban J connectivity index is 2.28. The first-order valence-corrected chi connectivity index (χ1v) is 9.23. The molecule has 5 heteroatoms. The van der Waals surface area contributed by atoms with Crippen molar-refractivity contribution in [2.75, 3.05) is 23.4 Å². The molecule has 1 N–H and O–H groups in total. The van der Waals surface area contributed by atoms with Gasteiger partial charge in [0.05, 0.1) is 5.25 Å². The maximum Gasteiger partial charge on any atom is 0.145 e. The number of hydrogen-bond donors (Lipinski definition) is 1. The molecule has 2 heterocycles. The van der Waals surface area contributed by atoms with Crippen molar-refractivity contribution in [1.82, 2.24) is 9.97 Å². The molecule has 1 fully saturated rings. The molecular weight excluding hydrogens is 274 g/mol. The lowest BCUT2D eigenvalue weighted by Crippen LogP contribution is -2.21. The number of hydrogen-bond acceptors (Lipinski definition) is 5. The van der Waals surface area contributed by atoms with Gasteiger partial charge in [-0.25, -0.2) is 9.97 Å². The Bertz CT molecular complexity index is 412. The molecule has 0 saturated carbocycles. The highest BCUT2D eigenvalue weighted by atomic mass is 32.2. The zero-order valence-electron chi connectivity index (χ0n) is 12.0. The van der Waals surface area contributed by atoms with Gasteiger partial charge in [-0.05, 0) is 19.8 Å². The lowest BCUT2D eigenvalue weighted by atomic mass is 10.2. The van der Waals surface area contributed by atoms with Crippen LogP contribution in [0.4, 0.5) is 5.82 Å². The zero-order valence-corrected chi connectivity index (χ0v) is 13.6. The number of thioether (sulfide) groups is 2. The molecule has 19 heavy (non-hydrogen) atoms. The maximum absolute atomic E-state index is 4.77. The largest absolute Gasteiger partial charge is 0.370 e. The topological polar surface area (TPSA) is 37.8 Å². The minimum absolute atomic E-state index is 0.452. The summed E-state index contributed by atoms with van der Waals surface area (Å²) in [6.45, 7) is 7.43. The third-order valence-electron chi connectivity index (χ3n) is 3.22. The molecule has 1 aliphatic heterocycles. The van der Waals surface area contributed by atoms with Gasteiger partial charge in [0.15, 0.2) is 0 Å². The second kappa shape index (κ2) is 7.39. The average Bonchev–Trinajstić information content (AvgIpc) is 2.47. The van der Waals surface area contributed by atoms with Crippen molar-refractivity contribution in [3.05, 3.63) is 17.6 Å². The Labute approximate surface area is 124 Å². The van der Waals surface area contributed by atoms with Crippen LogP contribution in [-0.4, -0.2) is 33.3 Å². The van der Waals surface area contributed by atoms with Crippen molar-refractivity contribution >= 4 is 29.3 Å². The summed E-state index contributed by atoms with van der Waals surface area (Å²) in [6, 6.07) is 2.08. The standard InChI is InChI=1S/C14H23N3S2/c1-4-10-9-12(15-6-3)17-14(16-10)13-11(5-2)18-7-8-19-13/h9,11,13H,4-8H2,1-3H3,(H,15,16,17). The van der Waals surface area contributed by atoms with E-state index in [1.165, 1.54) is 17.9 Å². The van der Waals surface area contributed by atoms with E-state index in [0.717, 1.165) is 30.3 Å². The van der Waals surface area contributed by atoms with Gasteiger partial charge >= 0.3 is 0 Å². The van der Waals surface area contributed by atoms with Gasteiger partial charge in [0.2, 0.25) is 0 Å². The number of nitrogens with zero attached hydrogens (tertiary/aromatic N) is 2. The van der Waals surface area contributed by atoms with E-state index in [9.17, 15) is 0 Å². The first kappa shape index (κ1) is 15.0. The van der Waals surface area contributed by atoms with E-state index in [4.69, 9.17) is 9.97 Å². The highest BCUT2D eigenvalue weighted by Gasteiger charge is 2.29. The first-order valence-electron chi connectivity index (χ1n) is 7.13. The fraction of sp³-hybridized carbons (Fsp3) is 0.714. The highest BCUT2D eigenvalue weighted by Crippen LogP contribution is 2.43. The number of aryl methyl sites for hydroxylation is 1. The van der Waals surface area contributed by atoms with Gasteiger partial charge in [0.1, 0.15) is 11.6 Å². The van der Waals surface area contributed by atoms with Gasteiger partial charge in [-0.15, -0.1) is 11.8 Å². The van der Waals surface area contributed by atoms with Crippen LogP contribution in [0.5, 0.6) is 0 Å². The van der Waals surface area contributed by atoms with Crippen LogP contribution in [0.15, 0.2) is 6.07 Å². The Hall–Kier alpha value is -0.420. The SMILES string of the molecule is CCNc1cc(CC)nc(C2SCCSC2CC)n1. The Kier molecular flexibility index (Phi) is 5.82. The molecule has 1 saturated heterocycles. The quantitative estimate of drug-likeness (QED) is 0.895. The minimum Gasteiger partial charge on any atom is -0.370 e. The van der Waals surface area contributed by atoms with Crippen molar-refractivity contribution < 1.29 is 0 Å². The van der Waals surface area contributed by atoms with Gasteiger partial charge in [-0.2, -0.15) is 11.8 Å². The Morgan fingerprint density at radius 1 is 1.21 bits per heavy atom. The summed E-state index contributed by atoms with van der Waals surface area (Å²) in [7, 11) is 0. The fourth-order valence-corrected chi connectivity index (χ4v) is 5.23. The third-order valence-corrected chi connectivity index (χ3v) is 6.47. The van der Waals surface area contributed by atoms with E-state index < -0.39 is 0 Å². The van der Waals surface area contributed by atoms with E-state index >= 15 is 0 Å². The molecule has 1 aliphatic rings. The number of anilines is 1. The van der Waals surface area contributed by atoms with Crippen LogP contribution in [0.2, 0.25) is 0 Å². The van der Waals surface area contributed by atoms with Gasteiger partial charge in [0.25, 0.3) is 0 Å². The Morgan fingerprint density at radius 2 is 2.00 bits per heavy atom. The van der Waals surface area contributed by atoms with Crippen LogP contribution >= 0.6 is 23.5 Å². The molecular formula is C14H23N3S2. The van der Waals surface area contributed by atoms with E-state index in [-0.39, 0.29) is 0 Å². The molecule has 2 rings (SSSR count). The number of rotatable bonds is 5. The van der Waals surface area contributed by atoms with Crippen LogP contribution in [0, 0.1) is 0 Å². The second-order valence-electron chi connectivity index (χ2n) is 4.60. The molecule has 1 aromatic heterocycles. The minimum atomic E-state index is 0.452. The molecule has 0 radical (unpaired) electrons. The van der Waals surface area contributed by atoms with Crippen molar-refractivity contribution in [1.29, 1.82) is 0 Å². The van der Waals surface area contributed by atoms with Crippen LogP contribution < -0.4 is 5.32 Å². The van der Waals surface area contributed by atoms with Gasteiger partial charge in [0, 0.05) is 35.1 Å². The first-order chi connectivity index (χ1) is 9.28. The van der Waals surface area contributed by atoms with Crippen molar-refractivity contribution in [2.24, 2.45) is 0 Å². The van der Waals surface area contributed by atoms with E-state index in [1.807, 2.05) is 11.8 Å². The smallest absolute Gasteiger partial charge is 0.145 e. The monoisotopic (exact) mass is 297 g/mol. The second-order valence-corrected chi connectivity index (χ2v) is 7.19. The molecule has 0 spiro atoms. The highest BCUT2D eigenvalue weighted by molar-refractivity contribution is 8.06. The predicted octanol–water partition coefficient (Wildman–Crippen LogP) is 3.77. The summed E-state index contributed by atoms with van der Waals surface area (Å²) in [5, 5.41) is 4.43. The third kappa shape index (κ3) is 3.78. The summed E-state index contributed by atoms with van der Waals surface area (Å²) < 4.78 is 0. The molecule has 106 valence electrons. The summed E-state index contributed by atoms with van der Waals surface area (Å²) in [5.74, 6) is 4.48. The van der Waals surface area contributed by atoms with E-state index in [2.05, 4.69) is 43.9 Å². The molecule has 0 bridgehead atoms. The molecule has 0 amide bonds. The number of aromatic nitrogens is 2. The maximum atomic E-state index is 4.77. The van der Waals surface area contributed by atoms with Crippen molar-refractivity contribution in [2.45, 2.75) is 44.1 Å².